The average Bonchev–Trinajstić information content (AvgIpc) is 2.78. The van der Waals surface area contributed by atoms with Gasteiger partial charge in [-0.15, -0.1) is 0 Å². The van der Waals surface area contributed by atoms with Gasteiger partial charge in [-0.25, -0.2) is 4.79 Å². The van der Waals surface area contributed by atoms with Gasteiger partial charge in [0, 0.05) is 19.6 Å². The number of nitrogens with two attached hydrogens (primary N) is 1. The van der Waals surface area contributed by atoms with Gasteiger partial charge in [-0.05, 0) is 26.7 Å². The van der Waals surface area contributed by atoms with Gasteiger partial charge in [-0.2, -0.15) is 0 Å². The predicted molar refractivity (Wildman–Crippen MR) is 61.5 cm³/mol. The van der Waals surface area contributed by atoms with Crippen molar-refractivity contribution in [2.75, 3.05) is 19.6 Å². The molecule has 3 N–H and O–H groups in total. The zero-order valence-electron chi connectivity index (χ0n) is 9.89. The SMILES string of the molecule is CCN(CC)C(=O)N1CCCC1C(N)=NO. The number of urea groups is 1. The number of carbonyl (C=O) groups excluding carboxylic acids is 1. The summed E-state index contributed by atoms with van der Waals surface area (Å²) in [6.07, 6.45) is 1.66. The van der Waals surface area contributed by atoms with Crippen LogP contribution in [0.1, 0.15) is 26.7 Å². The molecular formula is C10H20N4O2. The molecule has 1 atom stereocenters. The molecule has 0 bridgehead atoms. The van der Waals surface area contributed by atoms with Crippen molar-refractivity contribution in [1.82, 2.24) is 9.80 Å². The van der Waals surface area contributed by atoms with Crippen molar-refractivity contribution >= 4 is 11.9 Å². The molecule has 6 nitrogen and oxygen atoms in total. The summed E-state index contributed by atoms with van der Waals surface area (Å²) in [6, 6.07) is -0.280. The number of carbonyl (C=O) groups is 1. The lowest BCUT2D eigenvalue weighted by Crippen LogP contribution is -2.49. The zero-order valence-corrected chi connectivity index (χ0v) is 9.89. The van der Waals surface area contributed by atoms with Crippen molar-refractivity contribution in [3.8, 4) is 0 Å². The van der Waals surface area contributed by atoms with Gasteiger partial charge in [0.2, 0.25) is 0 Å². The highest BCUT2D eigenvalue weighted by Gasteiger charge is 2.33. The molecule has 1 saturated heterocycles. The first-order valence-electron chi connectivity index (χ1n) is 5.68. The number of hydrogen-bond acceptors (Lipinski definition) is 3. The fraction of sp³-hybridized carbons (Fsp3) is 0.800. The maximum atomic E-state index is 12.1. The van der Waals surface area contributed by atoms with E-state index < -0.39 is 0 Å². The molecule has 0 aromatic rings. The quantitative estimate of drug-likeness (QED) is 0.322. The van der Waals surface area contributed by atoms with Crippen LogP contribution in [0.3, 0.4) is 0 Å². The Bertz CT molecular complexity index is 276. The molecule has 6 heteroatoms. The van der Waals surface area contributed by atoms with Crippen molar-refractivity contribution in [2.45, 2.75) is 32.7 Å². The van der Waals surface area contributed by atoms with Crippen LogP contribution in [0, 0.1) is 0 Å². The number of nitrogens with zero attached hydrogens (tertiary/aromatic N) is 3. The lowest BCUT2D eigenvalue weighted by molar-refractivity contribution is 0.161. The molecule has 1 unspecified atom stereocenters. The summed E-state index contributed by atoms with van der Waals surface area (Å²) in [6.45, 7) is 5.91. The first-order valence-corrected chi connectivity index (χ1v) is 5.68. The van der Waals surface area contributed by atoms with Crippen LogP contribution in [0.2, 0.25) is 0 Å². The number of amidine groups is 1. The molecular weight excluding hydrogens is 208 g/mol. The second kappa shape index (κ2) is 5.58. The Hall–Kier alpha value is -1.46. The van der Waals surface area contributed by atoms with Crippen molar-refractivity contribution in [3.63, 3.8) is 0 Å². The van der Waals surface area contributed by atoms with E-state index in [4.69, 9.17) is 10.9 Å². The topological polar surface area (TPSA) is 82.2 Å². The van der Waals surface area contributed by atoms with E-state index in [0.717, 1.165) is 12.8 Å². The molecule has 1 fully saturated rings. The Morgan fingerprint density at radius 3 is 2.69 bits per heavy atom. The van der Waals surface area contributed by atoms with Gasteiger partial charge in [0.15, 0.2) is 5.84 Å². The number of likely N-dealkylation sites (tertiary alicyclic amines) is 1. The lowest BCUT2D eigenvalue weighted by atomic mass is 10.2. The van der Waals surface area contributed by atoms with Crippen LogP contribution in [-0.4, -0.2) is 52.5 Å². The third kappa shape index (κ3) is 2.37. The first kappa shape index (κ1) is 12.6. The van der Waals surface area contributed by atoms with E-state index in [-0.39, 0.29) is 17.9 Å². The summed E-state index contributed by atoms with van der Waals surface area (Å²) in [5, 5.41) is 11.7. The first-order chi connectivity index (χ1) is 7.65. The smallest absolute Gasteiger partial charge is 0.320 e. The highest BCUT2D eigenvalue weighted by Crippen LogP contribution is 2.19. The average molecular weight is 228 g/mol. The van der Waals surface area contributed by atoms with Crippen LogP contribution < -0.4 is 5.73 Å². The minimum Gasteiger partial charge on any atom is -0.409 e. The molecule has 0 aromatic heterocycles. The van der Waals surface area contributed by atoms with Crippen LogP contribution in [-0.2, 0) is 0 Å². The normalized spacial score (nSPS) is 21.2. The van der Waals surface area contributed by atoms with Gasteiger partial charge >= 0.3 is 6.03 Å². The van der Waals surface area contributed by atoms with E-state index in [1.54, 1.807) is 9.80 Å². The minimum atomic E-state index is -0.252. The van der Waals surface area contributed by atoms with Crippen molar-refractivity contribution in [2.24, 2.45) is 10.9 Å². The molecule has 1 rings (SSSR count). The zero-order chi connectivity index (χ0) is 12.1. The third-order valence-corrected chi connectivity index (χ3v) is 2.99. The van der Waals surface area contributed by atoms with E-state index in [1.165, 1.54) is 0 Å². The van der Waals surface area contributed by atoms with Crippen LogP contribution >= 0.6 is 0 Å². The Morgan fingerprint density at radius 2 is 2.19 bits per heavy atom. The van der Waals surface area contributed by atoms with Crippen LogP contribution in [0.25, 0.3) is 0 Å². The van der Waals surface area contributed by atoms with Gasteiger partial charge in [-0.3, -0.25) is 0 Å². The molecule has 1 aliphatic heterocycles. The number of rotatable bonds is 3. The Balaban J connectivity index is 2.75. The summed E-state index contributed by atoms with van der Waals surface area (Å²) >= 11 is 0. The predicted octanol–water partition coefficient (Wildman–Crippen LogP) is 0.659. The second-order valence-electron chi connectivity index (χ2n) is 3.83. The van der Waals surface area contributed by atoms with E-state index in [2.05, 4.69) is 5.16 Å². The van der Waals surface area contributed by atoms with Crippen molar-refractivity contribution in [1.29, 1.82) is 0 Å². The molecule has 0 saturated carbocycles. The second-order valence-corrected chi connectivity index (χ2v) is 3.83. The molecule has 1 aliphatic rings. The molecule has 1 heterocycles. The van der Waals surface area contributed by atoms with E-state index in [9.17, 15) is 4.79 Å². The van der Waals surface area contributed by atoms with Gasteiger partial charge in [0.25, 0.3) is 0 Å². The molecule has 2 amide bonds. The Morgan fingerprint density at radius 1 is 1.56 bits per heavy atom. The van der Waals surface area contributed by atoms with E-state index in [1.807, 2.05) is 13.8 Å². The van der Waals surface area contributed by atoms with E-state index in [0.29, 0.717) is 19.6 Å². The number of amides is 2. The fourth-order valence-corrected chi connectivity index (χ4v) is 2.05. The van der Waals surface area contributed by atoms with Crippen LogP contribution in [0.15, 0.2) is 5.16 Å². The summed E-state index contributed by atoms with van der Waals surface area (Å²) in [5.41, 5.74) is 5.58. The highest BCUT2D eigenvalue weighted by atomic mass is 16.4. The molecule has 92 valence electrons. The Kier molecular flexibility index (Phi) is 4.39. The van der Waals surface area contributed by atoms with Gasteiger partial charge in [-0.1, -0.05) is 5.16 Å². The van der Waals surface area contributed by atoms with Crippen molar-refractivity contribution < 1.29 is 10.0 Å². The molecule has 16 heavy (non-hydrogen) atoms. The standard InChI is InChI=1S/C10H20N4O2/c1-3-13(4-2)10(15)14-7-5-6-8(14)9(11)12-16/h8,16H,3-7H2,1-2H3,(H2,11,12). The number of oxime groups is 1. The highest BCUT2D eigenvalue weighted by molar-refractivity contribution is 5.90. The summed E-state index contributed by atoms with van der Waals surface area (Å²) < 4.78 is 0. The Labute approximate surface area is 95.7 Å². The monoisotopic (exact) mass is 228 g/mol. The van der Waals surface area contributed by atoms with Crippen molar-refractivity contribution in [3.05, 3.63) is 0 Å². The molecule has 0 spiro atoms. The molecule has 0 radical (unpaired) electrons. The van der Waals surface area contributed by atoms with Crippen LogP contribution in [0.5, 0.6) is 0 Å². The van der Waals surface area contributed by atoms with Crippen LogP contribution in [0.4, 0.5) is 4.79 Å². The van der Waals surface area contributed by atoms with E-state index >= 15 is 0 Å². The third-order valence-electron chi connectivity index (χ3n) is 2.99. The molecule has 0 aromatic carbocycles. The largest absolute Gasteiger partial charge is 0.409 e. The summed E-state index contributed by atoms with van der Waals surface area (Å²) in [4.78, 5) is 15.5. The lowest BCUT2D eigenvalue weighted by Gasteiger charge is -2.29. The van der Waals surface area contributed by atoms with Gasteiger partial charge in [0.1, 0.15) is 0 Å². The maximum absolute atomic E-state index is 12.1. The number of hydrogen-bond donors (Lipinski definition) is 2. The molecule has 0 aliphatic carbocycles. The van der Waals surface area contributed by atoms with Gasteiger partial charge < -0.3 is 20.7 Å². The maximum Gasteiger partial charge on any atom is 0.320 e. The fourth-order valence-electron chi connectivity index (χ4n) is 2.05. The summed E-state index contributed by atoms with van der Waals surface area (Å²) in [7, 11) is 0. The summed E-state index contributed by atoms with van der Waals surface area (Å²) in [5.74, 6) is 0.123. The minimum absolute atomic E-state index is 0.0286. The van der Waals surface area contributed by atoms with Gasteiger partial charge in [0.05, 0.1) is 6.04 Å².